The molecule has 0 saturated carbocycles. The summed E-state index contributed by atoms with van der Waals surface area (Å²) in [5.74, 6) is -2.20. The lowest BCUT2D eigenvalue weighted by Gasteiger charge is -2.31. The number of amides is 1. The maximum Gasteiger partial charge on any atom is 0.303 e. The van der Waals surface area contributed by atoms with Crippen LogP contribution in [-0.2, 0) is 4.79 Å². The molecule has 1 saturated heterocycles. The molecule has 0 unspecified atom stereocenters. The van der Waals surface area contributed by atoms with Crippen molar-refractivity contribution in [2.45, 2.75) is 19.3 Å². The van der Waals surface area contributed by atoms with E-state index in [2.05, 4.69) is 0 Å². The normalized spacial score (nSPS) is 14.8. The van der Waals surface area contributed by atoms with Gasteiger partial charge in [-0.3, -0.25) is 9.59 Å². The number of carbonyl (C=O) groups is 2. The molecule has 142 valence electrons. The number of halogens is 2. The van der Waals surface area contributed by atoms with Crippen molar-refractivity contribution in [2.75, 3.05) is 13.1 Å². The zero-order chi connectivity index (χ0) is 19.4. The van der Waals surface area contributed by atoms with Crippen molar-refractivity contribution >= 4 is 11.9 Å². The monoisotopic (exact) mass is 375 g/mol. The number of hydrogen-bond acceptors (Lipinski definition) is 3. The Morgan fingerprint density at radius 3 is 2.22 bits per heavy atom. The lowest BCUT2D eigenvalue weighted by Crippen LogP contribution is -2.38. The fourth-order valence-electron chi connectivity index (χ4n) is 3.11. The molecule has 7 heteroatoms. The van der Waals surface area contributed by atoms with Crippen molar-refractivity contribution in [3.63, 3.8) is 0 Å². The van der Waals surface area contributed by atoms with Gasteiger partial charge >= 0.3 is 5.97 Å². The summed E-state index contributed by atoms with van der Waals surface area (Å²) in [6.07, 6.45) is 1.49. The number of hydrogen-bond donors (Lipinski definition) is 1. The zero-order valence-corrected chi connectivity index (χ0v) is 14.5. The van der Waals surface area contributed by atoms with E-state index >= 15 is 0 Å². The van der Waals surface area contributed by atoms with Crippen molar-refractivity contribution < 1.29 is 28.2 Å². The predicted octanol–water partition coefficient (Wildman–Crippen LogP) is 4.08. The Morgan fingerprint density at radius 1 is 1.00 bits per heavy atom. The first-order valence-corrected chi connectivity index (χ1v) is 8.66. The maximum atomic E-state index is 13.2. The summed E-state index contributed by atoms with van der Waals surface area (Å²) >= 11 is 0. The van der Waals surface area contributed by atoms with E-state index in [9.17, 15) is 18.4 Å². The molecule has 0 radical (unpaired) electrons. The highest BCUT2D eigenvalue weighted by Crippen LogP contribution is 2.25. The zero-order valence-electron chi connectivity index (χ0n) is 14.5. The number of ether oxygens (including phenoxy) is 1. The topological polar surface area (TPSA) is 66.8 Å². The third kappa shape index (κ3) is 4.81. The summed E-state index contributed by atoms with van der Waals surface area (Å²) < 4.78 is 31.6. The van der Waals surface area contributed by atoms with Crippen LogP contribution in [-0.4, -0.2) is 35.0 Å². The number of nitrogens with zero attached hydrogens (tertiary/aromatic N) is 1. The molecule has 1 amide bonds. The molecule has 1 aliphatic heterocycles. The van der Waals surface area contributed by atoms with Crippen molar-refractivity contribution in [3.05, 3.63) is 59.7 Å². The molecule has 1 fully saturated rings. The van der Waals surface area contributed by atoms with Gasteiger partial charge in [-0.2, -0.15) is 0 Å². The molecular formula is C20H19F2NO4. The summed E-state index contributed by atoms with van der Waals surface area (Å²) in [4.78, 5) is 25.0. The fraction of sp³-hybridized carbons (Fsp3) is 0.300. The summed E-state index contributed by atoms with van der Waals surface area (Å²) in [6, 6.07) is 9.66. The standard InChI is InChI=1S/C20H19F2NO4/c21-17-6-5-16(12-18(17)22)27-15-3-1-14(2-4-15)20(26)23-9-7-13(8-10-23)11-19(24)25/h1-6,12-13H,7-11H2,(H,24,25). The Balaban J connectivity index is 1.59. The molecule has 1 heterocycles. The van der Waals surface area contributed by atoms with Crippen LogP contribution in [0.3, 0.4) is 0 Å². The van der Waals surface area contributed by atoms with E-state index in [1.807, 2.05) is 0 Å². The minimum absolute atomic E-state index is 0.110. The van der Waals surface area contributed by atoms with Crippen molar-refractivity contribution in [1.29, 1.82) is 0 Å². The van der Waals surface area contributed by atoms with Gasteiger partial charge < -0.3 is 14.7 Å². The van der Waals surface area contributed by atoms with Gasteiger partial charge in [0, 0.05) is 31.1 Å². The minimum atomic E-state index is -0.995. The van der Waals surface area contributed by atoms with Gasteiger partial charge in [0.15, 0.2) is 11.6 Å². The van der Waals surface area contributed by atoms with Crippen LogP contribution < -0.4 is 4.74 Å². The number of piperidine rings is 1. The van der Waals surface area contributed by atoms with Crippen LogP contribution in [0.2, 0.25) is 0 Å². The number of carboxylic acid groups (broad SMARTS) is 1. The molecule has 0 bridgehead atoms. The Hall–Kier alpha value is -2.96. The van der Waals surface area contributed by atoms with E-state index in [4.69, 9.17) is 9.84 Å². The first-order chi connectivity index (χ1) is 12.9. The molecule has 1 aliphatic rings. The molecule has 1 N–H and O–H groups in total. The minimum Gasteiger partial charge on any atom is -0.481 e. The van der Waals surface area contributed by atoms with E-state index < -0.39 is 17.6 Å². The second-order valence-corrected chi connectivity index (χ2v) is 6.54. The molecule has 5 nitrogen and oxygen atoms in total. The molecule has 0 atom stereocenters. The third-order valence-electron chi connectivity index (χ3n) is 4.59. The van der Waals surface area contributed by atoms with E-state index in [0.29, 0.717) is 37.2 Å². The lowest BCUT2D eigenvalue weighted by atomic mass is 9.93. The second kappa shape index (κ2) is 8.16. The Kier molecular flexibility index (Phi) is 5.69. The summed E-state index contributed by atoms with van der Waals surface area (Å²) in [6.45, 7) is 1.06. The van der Waals surface area contributed by atoms with Crippen LogP contribution >= 0.6 is 0 Å². The second-order valence-electron chi connectivity index (χ2n) is 6.54. The largest absolute Gasteiger partial charge is 0.481 e. The maximum absolute atomic E-state index is 13.2. The van der Waals surface area contributed by atoms with Crippen LogP contribution in [0.4, 0.5) is 8.78 Å². The number of carboxylic acids is 1. The van der Waals surface area contributed by atoms with Crippen LogP contribution in [0, 0.1) is 17.6 Å². The van der Waals surface area contributed by atoms with E-state index in [-0.39, 0.29) is 24.0 Å². The van der Waals surface area contributed by atoms with Crippen LogP contribution in [0.15, 0.2) is 42.5 Å². The van der Waals surface area contributed by atoms with E-state index in [1.54, 1.807) is 29.2 Å². The van der Waals surface area contributed by atoms with Crippen molar-refractivity contribution in [1.82, 2.24) is 4.90 Å². The molecule has 0 aliphatic carbocycles. The third-order valence-corrected chi connectivity index (χ3v) is 4.59. The van der Waals surface area contributed by atoms with Crippen LogP contribution in [0.5, 0.6) is 11.5 Å². The summed E-state index contributed by atoms with van der Waals surface area (Å²) in [5, 5.41) is 8.85. The Morgan fingerprint density at radius 2 is 1.63 bits per heavy atom. The SMILES string of the molecule is O=C(O)CC1CCN(C(=O)c2ccc(Oc3ccc(F)c(F)c3)cc2)CC1. The fourth-order valence-corrected chi connectivity index (χ4v) is 3.11. The van der Waals surface area contributed by atoms with Gasteiger partial charge in [-0.05, 0) is 55.2 Å². The molecular weight excluding hydrogens is 356 g/mol. The number of carbonyl (C=O) groups excluding carboxylic acids is 1. The van der Waals surface area contributed by atoms with Crippen LogP contribution in [0.1, 0.15) is 29.6 Å². The molecule has 0 aromatic heterocycles. The average molecular weight is 375 g/mol. The van der Waals surface area contributed by atoms with Gasteiger partial charge in [0.25, 0.3) is 5.91 Å². The number of benzene rings is 2. The van der Waals surface area contributed by atoms with E-state index in [1.165, 1.54) is 6.07 Å². The van der Waals surface area contributed by atoms with Gasteiger partial charge in [0.05, 0.1) is 0 Å². The van der Waals surface area contributed by atoms with Gasteiger partial charge in [-0.25, -0.2) is 8.78 Å². The lowest BCUT2D eigenvalue weighted by molar-refractivity contribution is -0.138. The molecule has 2 aromatic carbocycles. The Bertz CT molecular complexity index is 830. The highest BCUT2D eigenvalue weighted by molar-refractivity contribution is 5.94. The highest BCUT2D eigenvalue weighted by atomic mass is 19.2. The average Bonchev–Trinajstić information content (AvgIpc) is 2.65. The molecule has 3 rings (SSSR count). The molecule has 27 heavy (non-hydrogen) atoms. The van der Waals surface area contributed by atoms with Crippen molar-refractivity contribution in [2.24, 2.45) is 5.92 Å². The number of likely N-dealkylation sites (tertiary alicyclic amines) is 1. The number of rotatable bonds is 5. The highest BCUT2D eigenvalue weighted by Gasteiger charge is 2.25. The van der Waals surface area contributed by atoms with Gasteiger partial charge in [0.1, 0.15) is 11.5 Å². The van der Waals surface area contributed by atoms with Crippen LogP contribution in [0.25, 0.3) is 0 Å². The summed E-state index contributed by atoms with van der Waals surface area (Å²) in [7, 11) is 0. The summed E-state index contributed by atoms with van der Waals surface area (Å²) in [5.41, 5.74) is 0.490. The first-order valence-electron chi connectivity index (χ1n) is 8.66. The van der Waals surface area contributed by atoms with Gasteiger partial charge in [-0.1, -0.05) is 0 Å². The molecule has 2 aromatic rings. The quantitative estimate of drug-likeness (QED) is 0.855. The predicted molar refractivity (Wildman–Crippen MR) is 93.8 cm³/mol. The Labute approximate surface area is 155 Å². The van der Waals surface area contributed by atoms with E-state index in [0.717, 1.165) is 12.1 Å². The van der Waals surface area contributed by atoms with Crippen molar-refractivity contribution in [3.8, 4) is 11.5 Å². The van der Waals surface area contributed by atoms with Gasteiger partial charge in [-0.15, -0.1) is 0 Å². The van der Waals surface area contributed by atoms with Gasteiger partial charge in [0.2, 0.25) is 0 Å². The smallest absolute Gasteiger partial charge is 0.303 e. The molecule has 0 spiro atoms. The number of aliphatic carboxylic acids is 1. The first kappa shape index (κ1) is 18.8.